The number of nitrogens with one attached hydrogen (secondary N) is 1. The molecule has 12 heterocycles. The number of rotatable bonds is 15. The van der Waals surface area contributed by atoms with Crippen LogP contribution in [0.2, 0.25) is 20.6 Å². The van der Waals surface area contributed by atoms with Gasteiger partial charge in [0.2, 0.25) is 5.91 Å². The van der Waals surface area contributed by atoms with Gasteiger partial charge in [0.05, 0.1) is 30.0 Å². The molecule has 4 aliphatic rings. The van der Waals surface area contributed by atoms with Crippen molar-refractivity contribution in [2.24, 2.45) is 11.7 Å². The van der Waals surface area contributed by atoms with E-state index in [9.17, 15) is 24.0 Å². The molecule has 35 heteroatoms. The van der Waals surface area contributed by atoms with Crippen LogP contribution in [-0.2, 0) is 63.3 Å². The van der Waals surface area contributed by atoms with E-state index >= 15 is 0 Å². The van der Waals surface area contributed by atoms with Gasteiger partial charge in [0.25, 0.3) is 0 Å². The molecule has 5 amide bonds. The third-order valence-electron chi connectivity index (χ3n) is 19.6. The van der Waals surface area contributed by atoms with Gasteiger partial charge in [-0.15, -0.1) is 0 Å². The molecule has 12 aromatic rings. The van der Waals surface area contributed by atoms with Crippen LogP contribution in [0.5, 0.6) is 0 Å². The highest BCUT2D eigenvalue weighted by molar-refractivity contribution is 9.10. The fraction of sp³-hybridized carbons (Fsp3) is 0.321. The fourth-order valence-electron chi connectivity index (χ4n) is 13.8. The molecule has 4 aliphatic heterocycles. The number of carbonyl (C=O) groups is 5. The number of aromatic nitrogens is 13. The van der Waals surface area contributed by atoms with E-state index in [1.165, 1.54) is 18.6 Å². The highest BCUT2D eigenvalue weighted by Gasteiger charge is 2.34. The first kappa shape index (κ1) is 84.7. The highest BCUT2D eigenvalue weighted by atomic mass is 79.9. The van der Waals surface area contributed by atoms with E-state index in [0.29, 0.717) is 101 Å². The molecule has 16 rings (SSSR count). The van der Waals surface area contributed by atoms with E-state index in [4.69, 9.17) is 76.8 Å². The van der Waals surface area contributed by atoms with Crippen molar-refractivity contribution in [2.75, 3.05) is 58.1 Å². The number of imidazole rings is 3. The van der Waals surface area contributed by atoms with Crippen LogP contribution in [0.1, 0.15) is 120 Å². The minimum Gasteiger partial charge on any atom is -0.445 e. The van der Waals surface area contributed by atoms with Crippen LogP contribution in [0.25, 0.3) is 16.6 Å². The van der Waals surface area contributed by atoms with Crippen LogP contribution in [0.4, 0.5) is 25.0 Å². The average Bonchev–Trinajstić information content (AvgIpc) is 1.63. The predicted molar refractivity (Wildman–Crippen MR) is 444 cm³/mol. The third kappa shape index (κ3) is 22.9. The molecule has 4 aromatic carbocycles. The number of hydrogen-bond acceptors (Lipinski definition) is 21. The second-order valence-corrected chi connectivity index (χ2v) is 30.3. The number of anilines is 1. The zero-order chi connectivity index (χ0) is 81.3. The van der Waals surface area contributed by atoms with E-state index < -0.39 is 6.09 Å². The molecular formula is C81H84Br2Cl4N20O9. The zero-order valence-electron chi connectivity index (χ0n) is 63.0. The minimum atomic E-state index is -0.395. The molecule has 116 heavy (non-hydrogen) atoms. The number of ether oxygens (including phenoxy) is 4. The molecule has 8 aromatic heterocycles. The lowest BCUT2D eigenvalue weighted by Crippen LogP contribution is -2.45. The van der Waals surface area contributed by atoms with Crippen LogP contribution >= 0.6 is 78.3 Å². The van der Waals surface area contributed by atoms with Gasteiger partial charge in [0.1, 0.15) is 69.7 Å². The van der Waals surface area contributed by atoms with E-state index in [0.717, 1.165) is 108 Å². The first-order valence-electron chi connectivity index (χ1n) is 37.6. The lowest BCUT2D eigenvalue weighted by Gasteiger charge is -2.31. The summed E-state index contributed by atoms with van der Waals surface area (Å²) in [6, 6.07) is 38.6. The van der Waals surface area contributed by atoms with Gasteiger partial charge < -0.3 is 55.3 Å². The van der Waals surface area contributed by atoms with Gasteiger partial charge in [0.15, 0.2) is 26.4 Å². The summed E-state index contributed by atoms with van der Waals surface area (Å²) in [7, 11) is 0. The molecule has 0 aliphatic carbocycles. The molecule has 5 N–H and O–H groups in total. The maximum atomic E-state index is 12.5. The summed E-state index contributed by atoms with van der Waals surface area (Å²) in [5, 5.41) is 4.31. The monoisotopic (exact) mass is 1780 g/mol. The molecular weight excluding hydrogens is 1700 g/mol. The standard InChI is InChI=1S/C19H18BrClN4O2.C19H20BrN5O2.C19H21ClN4O3.C19H19ClN4O2.C5H6ClN3/c2*20-16-15-17(21)22-8-10-25(15)18(23-16)14-7-4-9-24(11-14)19(26)27-12-13-5-2-1-3-6-13;20-17-16(21-8-9-22-17)11-23-18(25)15-7-4-10-24(12-15)19(26)27-13-14-5-2-1-3-6-14;20-17-16-11-22-18(24(16)10-8-21-17)15-7-4-9-23(12-15)19(25)26-13-14-5-2-1-3-6-14;6-5-4(3-7)8-1-2-9-5/h1-3,5-6,8,10,14H,4,7,9,11-12H2;1-3,5-6,8,10,14H,4,7,9,11-12H2,(H2,21,22);1-3,5-6,8-9,15H,4,7,10-13H2,(H,23,25);1-3,5-6,8,10-11,15H,4,7,9,12-13H2;1-2H,3,7H2/t2*14-;2*15-;/m1111./s1. The minimum absolute atomic E-state index is 0.111. The molecule has 4 saturated heterocycles. The summed E-state index contributed by atoms with van der Waals surface area (Å²) >= 11 is 30.8. The lowest BCUT2D eigenvalue weighted by molar-refractivity contribution is -0.126. The number of amides is 5. The van der Waals surface area contributed by atoms with Gasteiger partial charge in [-0.05, 0) is 105 Å². The maximum Gasteiger partial charge on any atom is 0.410 e. The molecule has 604 valence electrons. The van der Waals surface area contributed by atoms with Crippen molar-refractivity contribution >= 4 is 131 Å². The second kappa shape index (κ2) is 42.3. The number of fused-ring (bicyclic) bond motifs is 3. The van der Waals surface area contributed by atoms with Gasteiger partial charge in [-0.25, -0.2) is 59.0 Å². The number of likely N-dealkylation sites (tertiary alicyclic amines) is 4. The van der Waals surface area contributed by atoms with Crippen LogP contribution in [0.15, 0.2) is 199 Å². The van der Waals surface area contributed by atoms with Crippen molar-refractivity contribution in [3.63, 3.8) is 0 Å². The maximum absolute atomic E-state index is 12.5. The Morgan fingerprint density at radius 3 is 1.23 bits per heavy atom. The van der Waals surface area contributed by atoms with Crippen LogP contribution in [-0.4, -0.2) is 165 Å². The van der Waals surface area contributed by atoms with Crippen LogP contribution < -0.4 is 16.8 Å². The number of nitrogen functional groups attached to an aromatic ring is 1. The number of nitrogens with zero attached hydrogens (tertiary/aromatic N) is 17. The Morgan fingerprint density at radius 1 is 0.422 bits per heavy atom. The Balaban J connectivity index is 0.000000137. The molecule has 0 saturated carbocycles. The Morgan fingerprint density at radius 2 is 0.793 bits per heavy atom. The number of benzene rings is 4. The summed E-state index contributed by atoms with van der Waals surface area (Å²) in [5.74, 6) is 3.06. The topological polar surface area (TPSA) is 341 Å². The Kier molecular flexibility index (Phi) is 30.9. The molecule has 0 bridgehead atoms. The molecule has 4 atom stereocenters. The molecule has 0 radical (unpaired) electrons. The Hall–Kier alpha value is -10.7. The summed E-state index contributed by atoms with van der Waals surface area (Å²) in [4.78, 5) is 111. The largest absolute Gasteiger partial charge is 0.445 e. The molecule has 29 nitrogen and oxygen atoms in total. The van der Waals surface area contributed by atoms with Crippen LogP contribution in [0.3, 0.4) is 0 Å². The average molecular weight is 1780 g/mol. The summed E-state index contributed by atoms with van der Waals surface area (Å²) in [6.45, 7) is 6.36. The second-order valence-electron chi connectivity index (χ2n) is 27.4. The van der Waals surface area contributed by atoms with Gasteiger partial charge in [0, 0.05) is 139 Å². The first-order valence-corrected chi connectivity index (χ1v) is 40.7. The number of nitrogens with two attached hydrogens (primary N) is 2. The van der Waals surface area contributed by atoms with Crippen molar-refractivity contribution in [2.45, 2.75) is 109 Å². The SMILES string of the molecule is NCc1nccnc1Cl.Nc1nccn2c([C@@H]3CCCN(C(=O)OCc4ccccc4)C3)nc(Br)c12.O=C(NCc1nccnc1Cl)[C@@H]1CCCN(C(=O)OCc2ccccc2)C1.O=C(OCc1ccccc1)N1CCC[C@@H](c2nc(Br)c3c(Cl)nccn23)C1.O=C(OCc1ccccc1)N1CCC[C@@H](c2ncc3c(Cl)nccn23)C1. The molecule has 4 fully saturated rings. The van der Waals surface area contributed by atoms with Gasteiger partial charge in [-0.3, -0.25) is 28.0 Å². The smallest absolute Gasteiger partial charge is 0.410 e. The third-order valence-corrected chi connectivity index (χ3v) is 21.9. The van der Waals surface area contributed by atoms with Crippen molar-refractivity contribution < 1.29 is 42.9 Å². The van der Waals surface area contributed by atoms with Crippen molar-refractivity contribution in [1.82, 2.24) is 88.0 Å². The van der Waals surface area contributed by atoms with Crippen LogP contribution in [0, 0.1) is 5.92 Å². The summed E-state index contributed by atoms with van der Waals surface area (Å²) in [5.41, 5.74) is 18.6. The van der Waals surface area contributed by atoms with Gasteiger partial charge in [-0.1, -0.05) is 168 Å². The number of carbonyl (C=O) groups excluding carboxylic acids is 5. The van der Waals surface area contributed by atoms with Crippen molar-refractivity contribution in [1.29, 1.82) is 0 Å². The summed E-state index contributed by atoms with van der Waals surface area (Å²) in [6.07, 6.45) is 24.2. The quantitative estimate of drug-likeness (QED) is 0.0803. The highest BCUT2D eigenvalue weighted by Crippen LogP contribution is 2.35. The summed E-state index contributed by atoms with van der Waals surface area (Å²) < 4.78 is 29.0. The normalized spacial score (nSPS) is 16.5. The number of piperidine rings is 4. The van der Waals surface area contributed by atoms with E-state index in [1.54, 1.807) is 50.6 Å². The Labute approximate surface area is 705 Å². The van der Waals surface area contributed by atoms with E-state index in [-0.39, 0.29) is 86.0 Å². The fourth-order valence-corrected chi connectivity index (χ4v) is 15.8. The van der Waals surface area contributed by atoms with E-state index in [1.807, 2.05) is 153 Å². The van der Waals surface area contributed by atoms with Gasteiger partial charge in [-0.2, -0.15) is 0 Å². The predicted octanol–water partition coefficient (Wildman–Crippen LogP) is 15.5. The van der Waals surface area contributed by atoms with Crippen molar-refractivity contribution in [3.05, 3.63) is 270 Å². The molecule has 0 spiro atoms. The number of hydrogen-bond donors (Lipinski definition) is 3. The van der Waals surface area contributed by atoms with Crippen molar-refractivity contribution in [3.8, 4) is 0 Å². The molecule has 0 unspecified atom stereocenters. The van der Waals surface area contributed by atoms with E-state index in [2.05, 4.69) is 87.0 Å². The number of halogens is 6. The zero-order valence-corrected chi connectivity index (χ0v) is 69.2. The van der Waals surface area contributed by atoms with Gasteiger partial charge >= 0.3 is 24.4 Å². The Bertz CT molecular complexity index is 5110. The lowest BCUT2D eigenvalue weighted by atomic mass is 9.97. The first-order chi connectivity index (χ1) is 56.5.